The topological polar surface area (TPSA) is 110 Å². The number of anilines is 2. The molecule has 3 heterocycles. The second-order valence-corrected chi connectivity index (χ2v) is 9.03. The molecule has 0 aliphatic carbocycles. The maximum Gasteiger partial charge on any atom is 0.416 e. The number of carbonyl (C=O) groups is 1. The molecule has 0 spiro atoms. The van der Waals surface area contributed by atoms with E-state index in [1.165, 1.54) is 43.1 Å². The Balaban J connectivity index is 1.49. The van der Waals surface area contributed by atoms with E-state index in [0.29, 0.717) is 30.0 Å². The number of rotatable bonds is 6. The van der Waals surface area contributed by atoms with E-state index >= 15 is 0 Å². The second-order valence-electron chi connectivity index (χ2n) is 9.03. The van der Waals surface area contributed by atoms with Gasteiger partial charge in [-0.15, -0.1) is 0 Å². The summed E-state index contributed by atoms with van der Waals surface area (Å²) in [5, 5.41) is 13.6. The van der Waals surface area contributed by atoms with Crippen LogP contribution in [0.5, 0.6) is 0 Å². The number of hydrogen-bond acceptors (Lipinski definition) is 8. The molecule has 1 amide bonds. The highest BCUT2D eigenvalue weighted by Crippen LogP contribution is 2.34. The predicted octanol–water partition coefficient (Wildman–Crippen LogP) is 3.35. The third-order valence-corrected chi connectivity index (χ3v) is 6.21. The molecule has 1 fully saturated rings. The number of piperazine rings is 1. The van der Waals surface area contributed by atoms with Gasteiger partial charge >= 0.3 is 6.18 Å². The van der Waals surface area contributed by atoms with Crippen LogP contribution in [0.3, 0.4) is 0 Å². The number of carbonyl (C=O) groups excluding carboxylic acids is 1. The smallest absolute Gasteiger partial charge is 0.372 e. The molecule has 202 valence electrons. The Labute approximate surface area is 224 Å². The fraction of sp³-hybridized carbons (Fsp3) is 0.296. The molecule has 3 N–H and O–H groups in total. The quantitative estimate of drug-likeness (QED) is 0.327. The van der Waals surface area contributed by atoms with Gasteiger partial charge in [0.05, 0.1) is 16.7 Å². The van der Waals surface area contributed by atoms with Gasteiger partial charge in [0.2, 0.25) is 0 Å². The SMILES string of the molecule is CNc1ncncc1C(=N)C#Cc1cncc(C(=O)Nc2ccc(CN3CCN(C)CC3)c(C(F)(F)F)c2)c1. The van der Waals surface area contributed by atoms with Gasteiger partial charge in [-0.25, -0.2) is 9.97 Å². The normalized spacial score (nSPS) is 14.3. The molecule has 1 aromatic carbocycles. The van der Waals surface area contributed by atoms with E-state index in [4.69, 9.17) is 5.41 Å². The Hall–Kier alpha value is -4.34. The van der Waals surface area contributed by atoms with Crippen LogP contribution < -0.4 is 10.6 Å². The van der Waals surface area contributed by atoms with E-state index in [0.717, 1.165) is 19.2 Å². The lowest BCUT2D eigenvalue weighted by atomic mass is 10.0. The van der Waals surface area contributed by atoms with Crippen molar-refractivity contribution in [1.29, 1.82) is 5.41 Å². The Kier molecular flexibility index (Phi) is 8.53. The molecule has 9 nitrogen and oxygen atoms in total. The van der Waals surface area contributed by atoms with Crippen LogP contribution in [0.15, 0.2) is 49.2 Å². The van der Waals surface area contributed by atoms with Crippen molar-refractivity contribution in [2.75, 3.05) is 50.9 Å². The van der Waals surface area contributed by atoms with Gasteiger partial charge in [0.25, 0.3) is 5.91 Å². The number of pyridine rings is 1. The van der Waals surface area contributed by atoms with Crippen LogP contribution in [0, 0.1) is 17.3 Å². The molecule has 39 heavy (non-hydrogen) atoms. The van der Waals surface area contributed by atoms with Crippen molar-refractivity contribution in [2.45, 2.75) is 12.7 Å². The number of halogens is 3. The highest BCUT2D eigenvalue weighted by Gasteiger charge is 2.34. The first-order chi connectivity index (χ1) is 18.6. The third kappa shape index (κ3) is 7.16. The van der Waals surface area contributed by atoms with Crippen molar-refractivity contribution in [3.63, 3.8) is 0 Å². The number of nitrogens with one attached hydrogen (secondary N) is 3. The minimum Gasteiger partial charge on any atom is -0.372 e. The molecule has 0 bridgehead atoms. The summed E-state index contributed by atoms with van der Waals surface area (Å²) in [4.78, 5) is 28.9. The summed E-state index contributed by atoms with van der Waals surface area (Å²) in [6, 6.07) is 5.30. The molecule has 0 atom stereocenters. The van der Waals surface area contributed by atoms with Crippen LogP contribution in [0.1, 0.15) is 32.6 Å². The van der Waals surface area contributed by atoms with Gasteiger partial charge in [-0.3, -0.25) is 20.1 Å². The monoisotopic (exact) mass is 536 g/mol. The van der Waals surface area contributed by atoms with Crippen LogP contribution in [-0.4, -0.2) is 76.6 Å². The van der Waals surface area contributed by atoms with Crippen molar-refractivity contribution in [2.24, 2.45) is 0 Å². The van der Waals surface area contributed by atoms with Crippen molar-refractivity contribution in [3.8, 4) is 11.8 Å². The zero-order valence-corrected chi connectivity index (χ0v) is 21.4. The molecule has 0 saturated carbocycles. The highest BCUT2D eigenvalue weighted by atomic mass is 19.4. The maximum atomic E-state index is 13.9. The van der Waals surface area contributed by atoms with Crippen LogP contribution >= 0.6 is 0 Å². The molecule has 1 saturated heterocycles. The molecule has 4 rings (SSSR count). The maximum absolute atomic E-state index is 13.9. The number of alkyl halides is 3. The zero-order valence-electron chi connectivity index (χ0n) is 21.4. The molecular weight excluding hydrogens is 509 g/mol. The zero-order chi connectivity index (χ0) is 28.0. The largest absolute Gasteiger partial charge is 0.416 e. The first kappa shape index (κ1) is 27.7. The van der Waals surface area contributed by atoms with Crippen LogP contribution in [0.4, 0.5) is 24.7 Å². The van der Waals surface area contributed by atoms with Crippen LogP contribution in [0.2, 0.25) is 0 Å². The lowest BCUT2D eigenvalue weighted by Gasteiger charge is -2.33. The summed E-state index contributed by atoms with van der Waals surface area (Å²) in [6.07, 6.45) is 0.959. The van der Waals surface area contributed by atoms with Crippen LogP contribution in [0.25, 0.3) is 0 Å². The molecule has 3 aromatic rings. The third-order valence-electron chi connectivity index (χ3n) is 6.21. The van der Waals surface area contributed by atoms with Crippen molar-refractivity contribution < 1.29 is 18.0 Å². The van der Waals surface area contributed by atoms with Crippen molar-refractivity contribution in [3.05, 3.63) is 77.0 Å². The first-order valence-electron chi connectivity index (χ1n) is 12.1. The van der Waals surface area contributed by atoms with Gasteiger partial charge in [0, 0.05) is 69.6 Å². The fourth-order valence-electron chi connectivity index (χ4n) is 4.05. The molecule has 1 aliphatic heterocycles. The minimum atomic E-state index is -4.57. The van der Waals surface area contributed by atoms with E-state index in [1.54, 1.807) is 7.05 Å². The Morgan fingerprint density at radius 3 is 2.59 bits per heavy atom. The van der Waals surface area contributed by atoms with Crippen molar-refractivity contribution >= 4 is 23.1 Å². The molecular formula is C27H27F3N8O. The number of benzene rings is 1. The molecule has 2 aromatic heterocycles. The van der Waals surface area contributed by atoms with E-state index in [-0.39, 0.29) is 29.1 Å². The highest BCUT2D eigenvalue weighted by molar-refractivity contribution is 6.13. The van der Waals surface area contributed by atoms with Gasteiger partial charge in [-0.05, 0) is 36.7 Å². The van der Waals surface area contributed by atoms with E-state index < -0.39 is 17.6 Å². The van der Waals surface area contributed by atoms with Crippen LogP contribution in [-0.2, 0) is 12.7 Å². The summed E-state index contributed by atoms with van der Waals surface area (Å²) >= 11 is 0. The van der Waals surface area contributed by atoms with E-state index in [2.05, 4.69) is 42.3 Å². The Morgan fingerprint density at radius 1 is 1.10 bits per heavy atom. The molecule has 1 aliphatic rings. The predicted molar refractivity (Wildman–Crippen MR) is 142 cm³/mol. The van der Waals surface area contributed by atoms with Gasteiger partial charge in [-0.2, -0.15) is 13.2 Å². The minimum absolute atomic E-state index is 0.0244. The Morgan fingerprint density at radius 2 is 1.87 bits per heavy atom. The molecule has 0 unspecified atom stereocenters. The summed E-state index contributed by atoms with van der Waals surface area (Å²) in [5.74, 6) is 5.27. The fourth-order valence-corrected chi connectivity index (χ4v) is 4.05. The average Bonchev–Trinajstić information content (AvgIpc) is 2.93. The summed E-state index contributed by atoms with van der Waals surface area (Å²) in [5.41, 5.74) is 0.252. The van der Waals surface area contributed by atoms with E-state index in [9.17, 15) is 18.0 Å². The number of likely N-dealkylation sites (N-methyl/N-ethyl adjacent to an activating group) is 1. The number of nitrogens with zero attached hydrogens (tertiary/aromatic N) is 5. The lowest BCUT2D eigenvalue weighted by Crippen LogP contribution is -2.44. The Bertz CT molecular complexity index is 1420. The van der Waals surface area contributed by atoms with Gasteiger partial charge in [0.15, 0.2) is 0 Å². The van der Waals surface area contributed by atoms with Gasteiger partial charge in [-0.1, -0.05) is 12.0 Å². The molecule has 12 heteroatoms. The number of amides is 1. The van der Waals surface area contributed by atoms with Gasteiger partial charge < -0.3 is 15.5 Å². The van der Waals surface area contributed by atoms with Crippen molar-refractivity contribution in [1.82, 2.24) is 24.8 Å². The standard InChI is InChI=1S/C27H27F3N8O/c1-32-25-22(15-34-17-35-25)24(31)6-3-18-11-20(14-33-13-18)26(39)36-21-5-4-19(23(12-21)27(28,29)30)16-38-9-7-37(2)8-10-38/h4-5,11-15,17,31H,7-10,16H2,1-2H3,(H,36,39)(H,32,34,35). The number of aromatic nitrogens is 3. The lowest BCUT2D eigenvalue weighted by molar-refractivity contribution is -0.138. The number of hydrogen-bond donors (Lipinski definition) is 3. The summed E-state index contributed by atoms with van der Waals surface area (Å²) in [7, 11) is 3.65. The summed E-state index contributed by atoms with van der Waals surface area (Å²) < 4.78 is 41.7. The van der Waals surface area contributed by atoms with E-state index in [1.807, 2.05) is 11.9 Å². The summed E-state index contributed by atoms with van der Waals surface area (Å²) in [6.45, 7) is 3.15. The molecule has 0 radical (unpaired) electrons. The second kappa shape index (κ2) is 12.0. The first-order valence-corrected chi connectivity index (χ1v) is 12.1. The average molecular weight is 537 g/mol. The van der Waals surface area contributed by atoms with Gasteiger partial charge in [0.1, 0.15) is 17.9 Å².